The van der Waals surface area contributed by atoms with E-state index in [1.54, 1.807) is 17.6 Å². The minimum absolute atomic E-state index is 0.102. The third-order valence-electron chi connectivity index (χ3n) is 2.36. The molecule has 0 aliphatic rings. The summed E-state index contributed by atoms with van der Waals surface area (Å²) < 4.78 is 2.89. The molecule has 0 N–H and O–H groups in total. The summed E-state index contributed by atoms with van der Waals surface area (Å²) in [4.78, 5) is 11.5. The number of hydrogen-bond acceptors (Lipinski definition) is 2. The quantitative estimate of drug-likeness (QED) is 0.678. The molecule has 0 amide bonds. The van der Waals surface area contributed by atoms with Gasteiger partial charge in [-0.2, -0.15) is 5.10 Å². The van der Waals surface area contributed by atoms with Gasteiger partial charge in [0.2, 0.25) is 0 Å². The Morgan fingerprint density at radius 2 is 2.14 bits per heavy atom. The van der Waals surface area contributed by atoms with Gasteiger partial charge in [-0.25, -0.2) is 9.48 Å². The molecule has 0 aromatic carbocycles. The summed E-state index contributed by atoms with van der Waals surface area (Å²) in [5, 5.41) is 4.12. The van der Waals surface area contributed by atoms with Crippen LogP contribution in [0.4, 0.5) is 0 Å². The number of fused-ring (bicyclic) bond motifs is 1. The maximum atomic E-state index is 11.5. The first-order valence-electron chi connectivity index (χ1n) is 4.65. The Balaban J connectivity index is 2.74. The van der Waals surface area contributed by atoms with Crippen molar-refractivity contribution in [2.24, 2.45) is 7.05 Å². The van der Waals surface area contributed by atoms with Crippen molar-refractivity contribution in [2.75, 3.05) is 0 Å². The predicted molar refractivity (Wildman–Crippen MR) is 54.5 cm³/mol. The summed E-state index contributed by atoms with van der Waals surface area (Å²) in [6.07, 6.45) is 1.78. The van der Waals surface area contributed by atoms with Crippen molar-refractivity contribution in [2.45, 2.75) is 19.8 Å². The Morgan fingerprint density at radius 1 is 1.43 bits per heavy atom. The fourth-order valence-electron chi connectivity index (χ4n) is 1.45. The monoisotopic (exact) mass is 191 g/mol. The molecule has 2 aromatic heterocycles. The van der Waals surface area contributed by atoms with Crippen LogP contribution in [0.1, 0.15) is 25.3 Å². The summed E-state index contributed by atoms with van der Waals surface area (Å²) >= 11 is 0. The van der Waals surface area contributed by atoms with Crippen molar-refractivity contribution in [1.29, 1.82) is 0 Å². The molecule has 0 atom stereocenters. The highest BCUT2D eigenvalue weighted by Gasteiger charge is 2.05. The van der Waals surface area contributed by atoms with Crippen LogP contribution < -0.4 is 5.69 Å². The zero-order valence-electron chi connectivity index (χ0n) is 8.56. The lowest BCUT2D eigenvalue weighted by Crippen LogP contribution is -2.17. The van der Waals surface area contributed by atoms with E-state index in [0.29, 0.717) is 11.6 Å². The molecule has 0 unspecified atom stereocenters. The molecule has 0 fully saturated rings. The normalized spacial score (nSPS) is 11.4. The first-order valence-corrected chi connectivity index (χ1v) is 4.65. The molecule has 0 bridgehead atoms. The average molecular weight is 191 g/mol. The van der Waals surface area contributed by atoms with Crippen LogP contribution in [0, 0.1) is 0 Å². The second-order valence-electron chi connectivity index (χ2n) is 3.75. The zero-order chi connectivity index (χ0) is 10.3. The number of aryl methyl sites for hydroxylation is 1. The Morgan fingerprint density at radius 3 is 2.79 bits per heavy atom. The molecule has 2 aromatic rings. The third-order valence-corrected chi connectivity index (χ3v) is 2.36. The van der Waals surface area contributed by atoms with Gasteiger partial charge in [-0.3, -0.25) is 4.40 Å². The first-order chi connectivity index (χ1) is 6.59. The van der Waals surface area contributed by atoms with E-state index in [0.717, 1.165) is 0 Å². The molecule has 0 saturated heterocycles. The minimum atomic E-state index is -0.102. The van der Waals surface area contributed by atoms with Crippen LogP contribution in [-0.4, -0.2) is 14.2 Å². The molecule has 0 aliphatic carbocycles. The van der Waals surface area contributed by atoms with Crippen molar-refractivity contribution in [3.63, 3.8) is 0 Å². The van der Waals surface area contributed by atoms with E-state index in [9.17, 15) is 4.79 Å². The van der Waals surface area contributed by atoms with E-state index in [-0.39, 0.29) is 5.69 Å². The van der Waals surface area contributed by atoms with Gasteiger partial charge >= 0.3 is 5.69 Å². The lowest BCUT2D eigenvalue weighted by molar-refractivity contribution is 0.733. The van der Waals surface area contributed by atoms with Gasteiger partial charge in [-0.15, -0.1) is 0 Å². The molecule has 4 nitrogen and oxygen atoms in total. The minimum Gasteiger partial charge on any atom is -0.250 e. The molecule has 2 rings (SSSR count). The highest BCUT2D eigenvalue weighted by molar-refractivity contribution is 5.40. The summed E-state index contributed by atoms with van der Waals surface area (Å²) in [6, 6.07) is 3.91. The lowest BCUT2D eigenvalue weighted by atomic mass is 10.1. The number of aromatic nitrogens is 3. The summed E-state index contributed by atoms with van der Waals surface area (Å²) in [5.74, 6) is 0.456. The molecule has 4 heteroatoms. The maximum absolute atomic E-state index is 11.5. The second-order valence-corrected chi connectivity index (χ2v) is 3.75. The smallest absolute Gasteiger partial charge is 0.250 e. The van der Waals surface area contributed by atoms with Gasteiger partial charge in [0.1, 0.15) is 0 Å². The van der Waals surface area contributed by atoms with Crippen LogP contribution in [0.2, 0.25) is 0 Å². The van der Waals surface area contributed by atoms with Crippen molar-refractivity contribution in [1.82, 2.24) is 14.2 Å². The standard InChI is InChI=1S/C10H13N3O/c1-7(2)8-4-5-13-9(6-8)11-12(3)10(13)14/h4-7H,1-3H3. The summed E-state index contributed by atoms with van der Waals surface area (Å²) in [7, 11) is 1.66. The van der Waals surface area contributed by atoms with Gasteiger partial charge in [0, 0.05) is 13.2 Å². The number of rotatable bonds is 1. The topological polar surface area (TPSA) is 39.3 Å². The largest absolute Gasteiger partial charge is 0.350 e. The van der Waals surface area contributed by atoms with E-state index in [1.807, 2.05) is 12.1 Å². The van der Waals surface area contributed by atoms with Gasteiger partial charge in [-0.05, 0) is 23.6 Å². The van der Waals surface area contributed by atoms with Crippen LogP contribution >= 0.6 is 0 Å². The van der Waals surface area contributed by atoms with E-state index >= 15 is 0 Å². The van der Waals surface area contributed by atoms with E-state index < -0.39 is 0 Å². The Kier molecular flexibility index (Phi) is 1.91. The highest BCUT2D eigenvalue weighted by atomic mass is 16.2. The fourth-order valence-corrected chi connectivity index (χ4v) is 1.45. The van der Waals surface area contributed by atoms with Crippen LogP contribution in [-0.2, 0) is 7.05 Å². The van der Waals surface area contributed by atoms with Crippen LogP contribution in [0.5, 0.6) is 0 Å². The van der Waals surface area contributed by atoms with Crippen LogP contribution in [0.15, 0.2) is 23.1 Å². The fraction of sp³-hybridized carbons (Fsp3) is 0.400. The average Bonchev–Trinajstić information content (AvgIpc) is 2.42. The summed E-state index contributed by atoms with van der Waals surface area (Å²) in [6.45, 7) is 4.24. The molecule has 0 aliphatic heterocycles. The van der Waals surface area contributed by atoms with E-state index in [1.165, 1.54) is 10.2 Å². The Bertz CT molecular complexity index is 522. The second kappa shape index (κ2) is 2.97. The number of pyridine rings is 1. The van der Waals surface area contributed by atoms with Crippen LogP contribution in [0.25, 0.3) is 5.65 Å². The van der Waals surface area contributed by atoms with Gasteiger partial charge in [0.15, 0.2) is 5.65 Å². The van der Waals surface area contributed by atoms with E-state index in [4.69, 9.17) is 0 Å². The number of nitrogens with zero attached hydrogens (tertiary/aromatic N) is 3. The molecule has 14 heavy (non-hydrogen) atoms. The Hall–Kier alpha value is -1.58. The predicted octanol–water partition coefficient (Wildman–Crippen LogP) is 1.16. The van der Waals surface area contributed by atoms with Crippen molar-refractivity contribution in [3.05, 3.63) is 34.4 Å². The zero-order valence-corrected chi connectivity index (χ0v) is 8.56. The van der Waals surface area contributed by atoms with Gasteiger partial charge in [-0.1, -0.05) is 13.8 Å². The van der Waals surface area contributed by atoms with Gasteiger partial charge in [0.25, 0.3) is 0 Å². The van der Waals surface area contributed by atoms with Crippen molar-refractivity contribution >= 4 is 5.65 Å². The highest BCUT2D eigenvalue weighted by Crippen LogP contribution is 2.14. The Labute approximate surface area is 81.8 Å². The third kappa shape index (κ3) is 1.23. The van der Waals surface area contributed by atoms with Gasteiger partial charge < -0.3 is 0 Å². The number of hydrogen-bond donors (Lipinski definition) is 0. The first kappa shape index (κ1) is 8.99. The molecule has 0 spiro atoms. The van der Waals surface area contributed by atoms with E-state index in [2.05, 4.69) is 18.9 Å². The molecule has 0 saturated carbocycles. The van der Waals surface area contributed by atoms with Crippen molar-refractivity contribution < 1.29 is 0 Å². The van der Waals surface area contributed by atoms with Gasteiger partial charge in [0.05, 0.1) is 0 Å². The molecular weight excluding hydrogens is 178 g/mol. The molecule has 74 valence electrons. The lowest BCUT2D eigenvalue weighted by Gasteiger charge is -2.03. The molecular formula is C10H13N3O. The van der Waals surface area contributed by atoms with Crippen molar-refractivity contribution in [3.8, 4) is 0 Å². The van der Waals surface area contributed by atoms with Crippen LogP contribution in [0.3, 0.4) is 0 Å². The molecule has 0 radical (unpaired) electrons. The summed E-state index contributed by atoms with van der Waals surface area (Å²) in [5.41, 5.74) is 1.81. The SMILES string of the molecule is CC(C)c1ccn2c(=O)n(C)nc2c1. The molecule has 2 heterocycles. The maximum Gasteiger partial charge on any atom is 0.350 e.